The third-order valence-corrected chi connectivity index (χ3v) is 4.11. The number of rotatable bonds is 9. The lowest BCUT2D eigenvalue weighted by molar-refractivity contribution is 0.269. The van der Waals surface area contributed by atoms with Gasteiger partial charge in [0.2, 0.25) is 0 Å². The maximum Gasteiger partial charge on any atom is 0.163 e. The summed E-state index contributed by atoms with van der Waals surface area (Å²) in [5.41, 5.74) is 3.37. The van der Waals surface area contributed by atoms with Gasteiger partial charge in [-0.25, -0.2) is 0 Å². The van der Waals surface area contributed by atoms with Crippen molar-refractivity contribution in [3.63, 3.8) is 0 Å². The van der Waals surface area contributed by atoms with E-state index in [1.165, 1.54) is 5.56 Å². The first kappa shape index (κ1) is 19.6. The van der Waals surface area contributed by atoms with E-state index in [0.29, 0.717) is 29.9 Å². The summed E-state index contributed by atoms with van der Waals surface area (Å²) < 4.78 is 11.7. The second-order valence-corrected chi connectivity index (χ2v) is 7.03. The van der Waals surface area contributed by atoms with Crippen molar-refractivity contribution in [3.8, 4) is 11.5 Å². The van der Waals surface area contributed by atoms with Crippen LogP contribution in [-0.4, -0.2) is 13.2 Å². The Morgan fingerprint density at radius 2 is 1.84 bits per heavy atom. The molecule has 0 spiro atoms. The molecule has 0 aromatic heterocycles. The highest BCUT2D eigenvalue weighted by molar-refractivity contribution is 6.31. The summed E-state index contributed by atoms with van der Waals surface area (Å²) in [5, 5.41) is 4.11. The zero-order valence-corrected chi connectivity index (χ0v) is 16.3. The van der Waals surface area contributed by atoms with Gasteiger partial charge in [0.25, 0.3) is 0 Å². The van der Waals surface area contributed by atoms with Crippen molar-refractivity contribution in [1.29, 1.82) is 0 Å². The molecule has 2 aromatic rings. The van der Waals surface area contributed by atoms with E-state index in [1.54, 1.807) is 0 Å². The maximum absolute atomic E-state index is 6.45. The number of benzene rings is 2. The Morgan fingerprint density at radius 3 is 2.52 bits per heavy atom. The molecule has 0 bridgehead atoms. The van der Waals surface area contributed by atoms with E-state index in [1.807, 2.05) is 25.1 Å². The van der Waals surface area contributed by atoms with Crippen LogP contribution in [0.3, 0.4) is 0 Å². The van der Waals surface area contributed by atoms with Crippen molar-refractivity contribution in [3.05, 3.63) is 58.1 Å². The molecule has 0 aliphatic rings. The van der Waals surface area contributed by atoms with E-state index < -0.39 is 0 Å². The van der Waals surface area contributed by atoms with E-state index >= 15 is 0 Å². The molecule has 0 atom stereocenters. The van der Waals surface area contributed by atoms with Gasteiger partial charge in [-0.3, -0.25) is 0 Å². The second kappa shape index (κ2) is 9.69. The zero-order valence-electron chi connectivity index (χ0n) is 15.6. The van der Waals surface area contributed by atoms with Crippen molar-refractivity contribution in [2.75, 3.05) is 13.2 Å². The van der Waals surface area contributed by atoms with Crippen molar-refractivity contribution in [2.45, 2.75) is 40.8 Å². The first-order valence-corrected chi connectivity index (χ1v) is 9.21. The smallest absolute Gasteiger partial charge is 0.163 e. The van der Waals surface area contributed by atoms with Gasteiger partial charge in [0.15, 0.2) is 11.5 Å². The summed E-state index contributed by atoms with van der Waals surface area (Å²) in [6, 6.07) is 12.1. The quantitative estimate of drug-likeness (QED) is 0.651. The Hall–Kier alpha value is -1.71. The Morgan fingerprint density at radius 1 is 1.08 bits per heavy atom. The first-order chi connectivity index (χ1) is 12.0. The maximum atomic E-state index is 6.45. The molecule has 1 N–H and O–H groups in total. The topological polar surface area (TPSA) is 30.5 Å². The monoisotopic (exact) mass is 361 g/mol. The average Bonchev–Trinajstić information content (AvgIpc) is 2.56. The molecule has 0 aliphatic carbocycles. The first-order valence-electron chi connectivity index (χ1n) is 8.83. The van der Waals surface area contributed by atoms with Gasteiger partial charge in [0.1, 0.15) is 6.61 Å². The number of ether oxygens (including phenoxy) is 2. The normalized spacial score (nSPS) is 11.0. The molecular formula is C21H28ClNO2. The molecule has 2 aromatic carbocycles. The minimum Gasteiger partial charge on any atom is -0.490 e. The number of aryl methyl sites for hydroxylation is 1. The van der Waals surface area contributed by atoms with Crippen LogP contribution >= 0.6 is 11.6 Å². The lowest BCUT2D eigenvalue weighted by Crippen LogP contribution is -2.19. The predicted molar refractivity (Wildman–Crippen MR) is 105 cm³/mol. The average molecular weight is 362 g/mol. The lowest BCUT2D eigenvalue weighted by atomic mass is 10.1. The lowest BCUT2D eigenvalue weighted by Gasteiger charge is -2.16. The molecule has 0 saturated carbocycles. The fourth-order valence-corrected chi connectivity index (χ4v) is 2.77. The van der Waals surface area contributed by atoms with Gasteiger partial charge in [0, 0.05) is 17.6 Å². The van der Waals surface area contributed by atoms with Crippen molar-refractivity contribution in [2.24, 2.45) is 5.92 Å². The molecule has 3 nitrogen and oxygen atoms in total. The van der Waals surface area contributed by atoms with Crippen LogP contribution in [0.4, 0.5) is 0 Å². The van der Waals surface area contributed by atoms with Crippen LogP contribution in [0.2, 0.25) is 5.02 Å². The van der Waals surface area contributed by atoms with Crippen LogP contribution in [0.15, 0.2) is 36.4 Å². The summed E-state index contributed by atoms with van der Waals surface area (Å²) in [6.45, 7) is 11.1. The Balaban J connectivity index is 2.12. The van der Waals surface area contributed by atoms with Gasteiger partial charge >= 0.3 is 0 Å². The highest BCUT2D eigenvalue weighted by Gasteiger charge is 2.12. The molecule has 0 unspecified atom stereocenters. The molecule has 0 aliphatic heterocycles. The largest absolute Gasteiger partial charge is 0.490 e. The van der Waals surface area contributed by atoms with Gasteiger partial charge in [0.05, 0.1) is 6.61 Å². The van der Waals surface area contributed by atoms with Crippen molar-refractivity contribution < 1.29 is 9.47 Å². The Labute approximate surface area is 156 Å². The SMILES string of the molecule is CCOc1cc(CNCC(C)C)c(Cl)cc1OCc1cccc(C)c1. The van der Waals surface area contributed by atoms with Crippen LogP contribution in [0, 0.1) is 12.8 Å². The summed E-state index contributed by atoms with van der Waals surface area (Å²) in [5.74, 6) is 2.02. The minimum atomic E-state index is 0.489. The Bertz CT molecular complexity index is 686. The minimum absolute atomic E-state index is 0.489. The molecule has 4 heteroatoms. The van der Waals surface area contributed by atoms with Crippen LogP contribution in [-0.2, 0) is 13.2 Å². The van der Waals surface area contributed by atoms with Crippen LogP contribution in [0.25, 0.3) is 0 Å². The van der Waals surface area contributed by atoms with E-state index in [0.717, 1.165) is 30.0 Å². The van der Waals surface area contributed by atoms with Crippen molar-refractivity contribution >= 4 is 11.6 Å². The number of hydrogen-bond acceptors (Lipinski definition) is 3. The van der Waals surface area contributed by atoms with Gasteiger partial charge in [-0.2, -0.15) is 0 Å². The van der Waals surface area contributed by atoms with Crippen LogP contribution < -0.4 is 14.8 Å². The molecule has 0 radical (unpaired) electrons. The third kappa shape index (κ3) is 6.26. The molecule has 25 heavy (non-hydrogen) atoms. The highest BCUT2D eigenvalue weighted by Crippen LogP contribution is 2.34. The van der Waals surface area contributed by atoms with Gasteiger partial charge in [-0.05, 0) is 43.5 Å². The van der Waals surface area contributed by atoms with Crippen LogP contribution in [0.1, 0.15) is 37.5 Å². The van der Waals surface area contributed by atoms with E-state index in [4.69, 9.17) is 21.1 Å². The molecular weight excluding hydrogens is 334 g/mol. The molecule has 0 saturated heterocycles. The summed E-state index contributed by atoms with van der Waals surface area (Å²) in [7, 11) is 0. The molecule has 0 heterocycles. The van der Waals surface area contributed by atoms with E-state index in [2.05, 4.69) is 44.3 Å². The standard InChI is InChI=1S/C21H28ClNO2/c1-5-24-20-10-18(13-23-12-15(2)3)19(22)11-21(20)25-14-17-8-6-7-16(4)9-17/h6-11,15,23H,5,12-14H2,1-4H3. The predicted octanol–water partition coefficient (Wildman–Crippen LogP) is 5.37. The second-order valence-electron chi connectivity index (χ2n) is 6.63. The van der Waals surface area contributed by atoms with Gasteiger partial charge in [-0.1, -0.05) is 55.3 Å². The van der Waals surface area contributed by atoms with E-state index in [9.17, 15) is 0 Å². The Kier molecular flexibility index (Phi) is 7.60. The number of halogens is 1. The summed E-state index contributed by atoms with van der Waals surface area (Å²) in [6.07, 6.45) is 0. The van der Waals surface area contributed by atoms with Gasteiger partial charge < -0.3 is 14.8 Å². The number of hydrogen-bond donors (Lipinski definition) is 1. The zero-order chi connectivity index (χ0) is 18.2. The van der Waals surface area contributed by atoms with Crippen molar-refractivity contribution in [1.82, 2.24) is 5.32 Å². The molecule has 0 fully saturated rings. The summed E-state index contributed by atoms with van der Waals surface area (Å²) >= 11 is 6.45. The fraction of sp³-hybridized carbons (Fsp3) is 0.429. The molecule has 136 valence electrons. The summed E-state index contributed by atoms with van der Waals surface area (Å²) in [4.78, 5) is 0. The van der Waals surface area contributed by atoms with E-state index in [-0.39, 0.29) is 0 Å². The number of nitrogens with one attached hydrogen (secondary N) is 1. The highest BCUT2D eigenvalue weighted by atomic mass is 35.5. The van der Waals surface area contributed by atoms with Gasteiger partial charge in [-0.15, -0.1) is 0 Å². The molecule has 0 amide bonds. The van der Waals surface area contributed by atoms with Crippen LogP contribution in [0.5, 0.6) is 11.5 Å². The third-order valence-electron chi connectivity index (χ3n) is 3.76. The molecule has 2 rings (SSSR count). The fourth-order valence-electron chi connectivity index (χ4n) is 2.55.